The van der Waals surface area contributed by atoms with Gasteiger partial charge in [-0.2, -0.15) is 0 Å². The van der Waals surface area contributed by atoms with Crippen molar-refractivity contribution in [3.05, 3.63) is 59.9 Å². The highest BCUT2D eigenvalue weighted by molar-refractivity contribution is 5.92. The van der Waals surface area contributed by atoms with Crippen LogP contribution in [0, 0.1) is 6.92 Å². The molecule has 1 aromatic carbocycles. The van der Waals surface area contributed by atoms with E-state index in [0.29, 0.717) is 11.3 Å². The number of rotatable bonds is 3. The molecular formula is C16H12N2O3. The number of pyridine rings is 2. The van der Waals surface area contributed by atoms with Gasteiger partial charge in [0, 0.05) is 23.8 Å². The van der Waals surface area contributed by atoms with E-state index < -0.39 is 5.97 Å². The van der Waals surface area contributed by atoms with E-state index in [1.54, 1.807) is 31.3 Å². The summed E-state index contributed by atoms with van der Waals surface area (Å²) < 4.78 is 5.63. The third-order valence-electron chi connectivity index (χ3n) is 3.13. The van der Waals surface area contributed by atoms with Crippen LogP contribution in [0.2, 0.25) is 0 Å². The zero-order valence-corrected chi connectivity index (χ0v) is 11.3. The van der Waals surface area contributed by atoms with Gasteiger partial charge in [0.05, 0.1) is 5.52 Å². The van der Waals surface area contributed by atoms with Gasteiger partial charge >= 0.3 is 5.97 Å². The molecule has 2 aromatic heterocycles. The molecule has 0 saturated heterocycles. The minimum absolute atomic E-state index is 0.0682. The molecule has 0 spiro atoms. The van der Waals surface area contributed by atoms with Crippen LogP contribution in [0.25, 0.3) is 10.9 Å². The van der Waals surface area contributed by atoms with E-state index in [9.17, 15) is 9.90 Å². The Hall–Kier alpha value is -2.95. The van der Waals surface area contributed by atoms with Gasteiger partial charge in [-0.25, -0.2) is 9.78 Å². The minimum Gasteiger partial charge on any atom is -0.477 e. The summed E-state index contributed by atoms with van der Waals surface area (Å²) in [5, 5.41) is 10.3. The lowest BCUT2D eigenvalue weighted by Crippen LogP contribution is -2.04. The molecule has 5 nitrogen and oxygen atoms in total. The lowest BCUT2D eigenvalue weighted by atomic mass is 10.1. The maximum absolute atomic E-state index is 11.3. The van der Waals surface area contributed by atoms with Gasteiger partial charge in [-0.1, -0.05) is 6.07 Å². The molecule has 104 valence electrons. The summed E-state index contributed by atoms with van der Waals surface area (Å²) in [6.07, 6.45) is 3.22. The Labute approximate surface area is 120 Å². The molecule has 3 rings (SSSR count). The van der Waals surface area contributed by atoms with E-state index in [-0.39, 0.29) is 11.4 Å². The van der Waals surface area contributed by atoms with E-state index >= 15 is 0 Å². The number of aromatic nitrogens is 2. The Balaban J connectivity index is 2.02. The second-order valence-electron chi connectivity index (χ2n) is 4.57. The van der Waals surface area contributed by atoms with Crippen LogP contribution in [0.5, 0.6) is 11.6 Å². The zero-order chi connectivity index (χ0) is 14.8. The first-order chi connectivity index (χ1) is 10.1. The average molecular weight is 280 g/mol. The van der Waals surface area contributed by atoms with E-state index in [1.807, 2.05) is 18.2 Å². The Morgan fingerprint density at radius 3 is 2.81 bits per heavy atom. The summed E-state index contributed by atoms with van der Waals surface area (Å²) in [7, 11) is 0. The normalized spacial score (nSPS) is 10.5. The molecule has 5 heteroatoms. The number of aromatic carboxylic acids is 1. The molecule has 0 aliphatic heterocycles. The highest BCUT2D eigenvalue weighted by atomic mass is 16.5. The van der Waals surface area contributed by atoms with Crippen LogP contribution >= 0.6 is 0 Å². The van der Waals surface area contributed by atoms with Crippen LogP contribution < -0.4 is 4.74 Å². The fourth-order valence-corrected chi connectivity index (χ4v) is 2.09. The molecule has 1 N–H and O–H groups in total. The summed E-state index contributed by atoms with van der Waals surface area (Å²) in [5.74, 6) is -0.478. The van der Waals surface area contributed by atoms with Crippen molar-refractivity contribution in [1.82, 2.24) is 9.97 Å². The molecule has 0 atom stereocenters. The molecular weight excluding hydrogens is 268 g/mol. The summed E-state index contributed by atoms with van der Waals surface area (Å²) in [6.45, 7) is 1.71. The van der Waals surface area contributed by atoms with Gasteiger partial charge < -0.3 is 9.84 Å². The number of carboxylic acids is 1. The standard InChI is InChI=1S/C16H12N2O3/c1-10-6-8-18-15(14(10)16(19)20)21-12-5-4-11-3-2-7-17-13(11)9-12/h2-9H,1H3,(H,19,20). The number of hydrogen-bond donors (Lipinski definition) is 1. The lowest BCUT2D eigenvalue weighted by Gasteiger charge is -2.09. The highest BCUT2D eigenvalue weighted by Gasteiger charge is 2.16. The second-order valence-corrected chi connectivity index (χ2v) is 4.57. The van der Waals surface area contributed by atoms with Crippen LogP contribution in [0.4, 0.5) is 0 Å². The monoisotopic (exact) mass is 280 g/mol. The fourth-order valence-electron chi connectivity index (χ4n) is 2.09. The SMILES string of the molecule is Cc1ccnc(Oc2ccc3cccnc3c2)c1C(=O)O. The van der Waals surface area contributed by atoms with Crippen LogP contribution in [-0.2, 0) is 0 Å². The Kier molecular flexibility index (Phi) is 3.23. The zero-order valence-electron chi connectivity index (χ0n) is 11.3. The predicted octanol–water partition coefficient (Wildman–Crippen LogP) is 3.43. The van der Waals surface area contributed by atoms with Crippen LogP contribution in [-0.4, -0.2) is 21.0 Å². The number of carboxylic acid groups (broad SMARTS) is 1. The van der Waals surface area contributed by atoms with Gasteiger partial charge in [-0.3, -0.25) is 4.98 Å². The quantitative estimate of drug-likeness (QED) is 0.795. The maximum Gasteiger partial charge on any atom is 0.341 e. The van der Waals surface area contributed by atoms with Crippen molar-refractivity contribution in [2.75, 3.05) is 0 Å². The molecule has 0 amide bonds. The number of ether oxygens (including phenoxy) is 1. The Morgan fingerprint density at radius 2 is 2.00 bits per heavy atom. The number of aryl methyl sites for hydroxylation is 1. The van der Waals surface area contributed by atoms with Crippen molar-refractivity contribution in [3.63, 3.8) is 0 Å². The average Bonchev–Trinajstić information content (AvgIpc) is 2.47. The van der Waals surface area contributed by atoms with Gasteiger partial charge in [-0.05, 0) is 36.8 Å². The minimum atomic E-state index is -1.06. The Morgan fingerprint density at radius 1 is 1.14 bits per heavy atom. The maximum atomic E-state index is 11.3. The first-order valence-corrected chi connectivity index (χ1v) is 6.36. The fraction of sp³-hybridized carbons (Fsp3) is 0.0625. The predicted molar refractivity (Wildman–Crippen MR) is 77.8 cm³/mol. The lowest BCUT2D eigenvalue weighted by molar-refractivity contribution is 0.0692. The molecule has 0 radical (unpaired) electrons. The number of nitrogens with zero attached hydrogens (tertiary/aromatic N) is 2. The van der Waals surface area contributed by atoms with Crippen molar-refractivity contribution in [2.45, 2.75) is 6.92 Å². The molecule has 0 fully saturated rings. The molecule has 0 bridgehead atoms. The summed E-state index contributed by atoms with van der Waals surface area (Å²) in [5.41, 5.74) is 1.45. The van der Waals surface area contributed by atoms with Gasteiger partial charge in [0.1, 0.15) is 11.3 Å². The van der Waals surface area contributed by atoms with Gasteiger partial charge in [0.2, 0.25) is 5.88 Å². The van der Waals surface area contributed by atoms with Crippen LogP contribution in [0.1, 0.15) is 15.9 Å². The number of hydrogen-bond acceptors (Lipinski definition) is 4. The Bertz CT molecular complexity index is 831. The van der Waals surface area contributed by atoms with E-state index in [0.717, 1.165) is 10.9 Å². The molecule has 0 unspecified atom stereocenters. The van der Waals surface area contributed by atoms with Crippen LogP contribution in [0.3, 0.4) is 0 Å². The van der Waals surface area contributed by atoms with Crippen molar-refractivity contribution in [3.8, 4) is 11.6 Å². The van der Waals surface area contributed by atoms with E-state index in [2.05, 4.69) is 9.97 Å². The number of carbonyl (C=O) groups is 1. The van der Waals surface area contributed by atoms with Crippen molar-refractivity contribution in [2.24, 2.45) is 0 Å². The number of fused-ring (bicyclic) bond motifs is 1. The topological polar surface area (TPSA) is 72.3 Å². The largest absolute Gasteiger partial charge is 0.477 e. The summed E-state index contributed by atoms with van der Waals surface area (Å²) >= 11 is 0. The summed E-state index contributed by atoms with van der Waals surface area (Å²) in [4.78, 5) is 19.6. The van der Waals surface area contributed by atoms with Crippen LogP contribution in [0.15, 0.2) is 48.8 Å². The molecule has 0 saturated carbocycles. The van der Waals surface area contributed by atoms with Gasteiger partial charge in [-0.15, -0.1) is 0 Å². The van der Waals surface area contributed by atoms with Gasteiger partial charge in [0.25, 0.3) is 0 Å². The first-order valence-electron chi connectivity index (χ1n) is 6.36. The number of benzene rings is 1. The van der Waals surface area contributed by atoms with Crippen molar-refractivity contribution in [1.29, 1.82) is 0 Å². The summed E-state index contributed by atoms with van der Waals surface area (Å²) in [6, 6.07) is 10.8. The van der Waals surface area contributed by atoms with E-state index in [4.69, 9.17) is 4.74 Å². The smallest absolute Gasteiger partial charge is 0.341 e. The molecule has 3 aromatic rings. The van der Waals surface area contributed by atoms with E-state index in [1.165, 1.54) is 6.20 Å². The molecule has 2 heterocycles. The first kappa shape index (κ1) is 13.1. The highest BCUT2D eigenvalue weighted by Crippen LogP contribution is 2.27. The third-order valence-corrected chi connectivity index (χ3v) is 3.13. The molecule has 21 heavy (non-hydrogen) atoms. The third kappa shape index (κ3) is 2.53. The second kappa shape index (κ2) is 5.20. The molecule has 0 aliphatic rings. The van der Waals surface area contributed by atoms with Crippen molar-refractivity contribution < 1.29 is 14.6 Å². The van der Waals surface area contributed by atoms with Gasteiger partial charge in [0.15, 0.2) is 0 Å². The van der Waals surface area contributed by atoms with Crippen molar-refractivity contribution >= 4 is 16.9 Å². The molecule has 0 aliphatic carbocycles.